The summed E-state index contributed by atoms with van der Waals surface area (Å²) in [6.45, 7) is 0.318. The molecule has 0 radical (unpaired) electrons. The summed E-state index contributed by atoms with van der Waals surface area (Å²) in [5.74, 6) is -1.18. The minimum Gasteiger partial charge on any atom is -0.361 e. The number of pyridine rings is 1. The van der Waals surface area contributed by atoms with Crippen LogP contribution in [0.3, 0.4) is 0 Å². The normalized spacial score (nSPS) is 11.8. The molecule has 1 unspecified atom stereocenters. The van der Waals surface area contributed by atoms with Gasteiger partial charge in [0.1, 0.15) is 11.9 Å². The fourth-order valence-electron chi connectivity index (χ4n) is 3.39. The Labute approximate surface area is 178 Å². The lowest BCUT2D eigenvalue weighted by Gasteiger charge is -2.18. The van der Waals surface area contributed by atoms with Gasteiger partial charge in [0.05, 0.1) is 0 Å². The number of fused-ring (bicyclic) bond motifs is 1. The van der Waals surface area contributed by atoms with Crippen molar-refractivity contribution in [1.82, 2.24) is 20.6 Å². The summed E-state index contributed by atoms with van der Waals surface area (Å²) < 4.78 is 13.2. The van der Waals surface area contributed by atoms with Gasteiger partial charge in [-0.3, -0.25) is 14.6 Å². The summed E-state index contributed by atoms with van der Waals surface area (Å²) in [4.78, 5) is 32.8. The lowest BCUT2D eigenvalue weighted by atomic mass is 10.0. The maximum Gasteiger partial charge on any atom is 0.251 e. The van der Waals surface area contributed by atoms with Crippen LogP contribution in [0.4, 0.5) is 4.39 Å². The second kappa shape index (κ2) is 9.21. The quantitative estimate of drug-likeness (QED) is 0.432. The molecule has 3 N–H and O–H groups in total. The van der Waals surface area contributed by atoms with Crippen LogP contribution in [0.5, 0.6) is 0 Å². The zero-order valence-corrected chi connectivity index (χ0v) is 16.6. The first-order valence-electron chi connectivity index (χ1n) is 9.88. The molecule has 0 aliphatic heterocycles. The number of aromatic nitrogens is 2. The molecule has 0 saturated heterocycles. The van der Waals surface area contributed by atoms with Gasteiger partial charge >= 0.3 is 0 Å². The van der Waals surface area contributed by atoms with Crippen molar-refractivity contribution in [3.05, 3.63) is 102 Å². The number of rotatable bonds is 7. The number of nitrogens with zero attached hydrogens (tertiary/aromatic N) is 1. The topological polar surface area (TPSA) is 86.9 Å². The molecule has 2 heterocycles. The Hall–Kier alpha value is -4.00. The molecule has 2 aromatic heterocycles. The molecule has 7 heteroatoms. The van der Waals surface area contributed by atoms with Gasteiger partial charge in [-0.1, -0.05) is 18.2 Å². The molecule has 1 atom stereocenters. The maximum atomic E-state index is 13.2. The fraction of sp³-hybridized carbons (Fsp3) is 0.125. The lowest BCUT2D eigenvalue weighted by Crippen LogP contribution is -2.47. The minimum atomic E-state index is -0.807. The van der Waals surface area contributed by atoms with Gasteiger partial charge in [0.2, 0.25) is 5.91 Å². The molecule has 2 amide bonds. The number of carbonyl (C=O) groups excluding carboxylic acids is 2. The van der Waals surface area contributed by atoms with E-state index in [9.17, 15) is 14.0 Å². The molecule has 0 spiro atoms. The van der Waals surface area contributed by atoms with Gasteiger partial charge < -0.3 is 15.6 Å². The molecule has 6 nitrogen and oxygen atoms in total. The summed E-state index contributed by atoms with van der Waals surface area (Å²) in [6, 6.07) is 15.8. The summed E-state index contributed by atoms with van der Waals surface area (Å²) in [5, 5.41) is 6.66. The van der Waals surface area contributed by atoms with Crippen LogP contribution in [0, 0.1) is 5.82 Å². The number of amides is 2. The maximum absolute atomic E-state index is 13.2. The first-order valence-corrected chi connectivity index (χ1v) is 9.88. The highest BCUT2D eigenvalue weighted by atomic mass is 19.1. The van der Waals surface area contributed by atoms with E-state index < -0.39 is 17.8 Å². The monoisotopic (exact) mass is 416 g/mol. The number of aromatic amines is 1. The molecular formula is C24H21FN4O2. The Morgan fingerprint density at radius 1 is 1.00 bits per heavy atom. The van der Waals surface area contributed by atoms with E-state index in [2.05, 4.69) is 20.6 Å². The Morgan fingerprint density at radius 2 is 1.74 bits per heavy atom. The van der Waals surface area contributed by atoms with Crippen molar-refractivity contribution in [2.45, 2.75) is 19.0 Å². The van der Waals surface area contributed by atoms with Crippen LogP contribution < -0.4 is 10.6 Å². The molecular weight excluding hydrogens is 395 g/mol. The molecule has 0 aliphatic carbocycles. The standard InChI is InChI=1S/C24H21FN4O2/c25-19-7-5-17(6-8-19)23(30)29-22(24(31)28-14-16-9-11-26-12-10-16)13-18-15-27-21-4-2-1-3-20(18)21/h1-12,15,22,27H,13-14H2,(H,28,31)(H,29,30). The predicted molar refractivity (Wildman–Crippen MR) is 116 cm³/mol. The highest BCUT2D eigenvalue weighted by Gasteiger charge is 2.23. The second-order valence-electron chi connectivity index (χ2n) is 7.17. The summed E-state index contributed by atoms with van der Waals surface area (Å²) in [7, 11) is 0. The van der Waals surface area contributed by atoms with Gasteiger partial charge in [0.15, 0.2) is 0 Å². The van der Waals surface area contributed by atoms with Crippen molar-refractivity contribution in [3.8, 4) is 0 Å². The number of hydrogen-bond acceptors (Lipinski definition) is 3. The van der Waals surface area contributed by atoms with Crippen molar-refractivity contribution < 1.29 is 14.0 Å². The summed E-state index contributed by atoms with van der Waals surface area (Å²) >= 11 is 0. The Bertz CT molecular complexity index is 1190. The van der Waals surface area contributed by atoms with Crippen LogP contribution >= 0.6 is 0 Å². The van der Waals surface area contributed by atoms with E-state index in [-0.39, 0.29) is 11.5 Å². The zero-order valence-electron chi connectivity index (χ0n) is 16.6. The van der Waals surface area contributed by atoms with Crippen LogP contribution in [-0.2, 0) is 17.8 Å². The van der Waals surface area contributed by atoms with E-state index in [1.807, 2.05) is 42.6 Å². The first-order chi connectivity index (χ1) is 15.1. The van der Waals surface area contributed by atoms with Gasteiger partial charge in [-0.2, -0.15) is 0 Å². The predicted octanol–water partition coefficient (Wildman–Crippen LogP) is 3.36. The number of nitrogens with one attached hydrogen (secondary N) is 3. The number of para-hydroxylation sites is 1. The lowest BCUT2D eigenvalue weighted by molar-refractivity contribution is -0.123. The molecule has 0 fully saturated rings. The van der Waals surface area contributed by atoms with E-state index in [0.717, 1.165) is 22.0 Å². The van der Waals surface area contributed by atoms with Crippen molar-refractivity contribution in [2.75, 3.05) is 0 Å². The minimum absolute atomic E-state index is 0.285. The Morgan fingerprint density at radius 3 is 2.52 bits per heavy atom. The fourth-order valence-corrected chi connectivity index (χ4v) is 3.39. The van der Waals surface area contributed by atoms with Crippen molar-refractivity contribution >= 4 is 22.7 Å². The third kappa shape index (κ3) is 4.95. The second-order valence-corrected chi connectivity index (χ2v) is 7.17. The van der Waals surface area contributed by atoms with Crippen LogP contribution in [0.25, 0.3) is 10.9 Å². The average Bonchev–Trinajstić information content (AvgIpc) is 3.21. The van der Waals surface area contributed by atoms with E-state index in [4.69, 9.17) is 0 Å². The Kier molecular flexibility index (Phi) is 6.03. The average molecular weight is 416 g/mol. The number of benzene rings is 2. The summed E-state index contributed by atoms with van der Waals surface area (Å²) in [6.07, 6.45) is 5.46. The van der Waals surface area contributed by atoms with Gasteiger partial charge in [-0.05, 0) is 53.6 Å². The third-order valence-electron chi connectivity index (χ3n) is 5.04. The van der Waals surface area contributed by atoms with Crippen LogP contribution in [-0.4, -0.2) is 27.8 Å². The molecule has 0 bridgehead atoms. The van der Waals surface area contributed by atoms with Gasteiger partial charge in [0, 0.05) is 48.0 Å². The number of carbonyl (C=O) groups is 2. The zero-order chi connectivity index (χ0) is 21.6. The molecule has 4 aromatic rings. The van der Waals surface area contributed by atoms with Crippen molar-refractivity contribution in [1.29, 1.82) is 0 Å². The number of halogens is 1. The van der Waals surface area contributed by atoms with Crippen LogP contribution in [0.1, 0.15) is 21.5 Å². The van der Waals surface area contributed by atoms with Gasteiger partial charge in [-0.15, -0.1) is 0 Å². The summed E-state index contributed by atoms with van der Waals surface area (Å²) in [5.41, 5.74) is 3.06. The number of H-pyrrole nitrogens is 1. The first kappa shape index (κ1) is 20.3. The van der Waals surface area contributed by atoms with Crippen LogP contribution in [0.15, 0.2) is 79.3 Å². The SMILES string of the molecule is O=C(NC(Cc1c[nH]c2ccccc12)C(=O)NCc1ccncc1)c1ccc(F)cc1. The molecule has 2 aromatic carbocycles. The molecule has 4 rings (SSSR count). The molecule has 0 saturated carbocycles. The van der Waals surface area contributed by atoms with E-state index in [1.54, 1.807) is 12.4 Å². The van der Waals surface area contributed by atoms with E-state index in [0.29, 0.717) is 13.0 Å². The third-order valence-corrected chi connectivity index (χ3v) is 5.04. The van der Waals surface area contributed by atoms with E-state index in [1.165, 1.54) is 24.3 Å². The van der Waals surface area contributed by atoms with Crippen molar-refractivity contribution in [3.63, 3.8) is 0 Å². The van der Waals surface area contributed by atoms with Crippen LogP contribution in [0.2, 0.25) is 0 Å². The largest absolute Gasteiger partial charge is 0.361 e. The van der Waals surface area contributed by atoms with Crippen molar-refractivity contribution in [2.24, 2.45) is 0 Å². The number of hydrogen-bond donors (Lipinski definition) is 3. The molecule has 156 valence electrons. The molecule has 0 aliphatic rings. The Balaban J connectivity index is 1.54. The highest BCUT2D eigenvalue weighted by molar-refractivity contribution is 5.97. The highest BCUT2D eigenvalue weighted by Crippen LogP contribution is 2.19. The van der Waals surface area contributed by atoms with Gasteiger partial charge in [-0.25, -0.2) is 4.39 Å². The molecule has 31 heavy (non-hydrogen) atoms. The van der Waals surface area contributed by atoms with Gasteiger partial charge in [0.25, 0.3) is 5.91 Å². The van der Waals surface area contributed by atoms with E-state index >= 15 is 0 Å². The smallest absolute Gasteiger partial charge is 0.251 e.